The molecule has 5 rings (SSSR count). The average Bonchev–Trinajstić information content (AvgIpc) is 3.06. The summed E-state index contributed by atoms with van der Waals surface area (Å²) in [6.07, 6.45) is 0.960. The number of anilines is 1. The largest absolute Gasteiger partial charge is 0.478 e. The number of hydrogen-bond donors (Lipinski definition) is 2. The van der Waals surface area contributed by atoms with E-state index in [9.17, 15) is 9.90 Å². The van der Waals surface area contributed by atoms with Crippen molar-refractivity contribution in [3.63, 3.8) is 0 Å². The van der Waals surface area contributed by atoms with Crippen molar-refractivity contribution in [2.45, 2.75) is 18.4 Å². The van der Waals surface area contributed by atoms with Gasteiger partial charge in [-0.05, 0) is 64.9 Å². The van der Waals surface area contributed by atoms with Gasteiger partial charge in [-0.1, -0.05) is 48.0 Å². The van der Waals surface area contributed by atoms with Gasteiger partial charge in [0, 0.05) is 16.6 Å². The number of carboxylic acids is 1. The minimum atomic E-state index is -0.891. The molecule has 134 valence electrons. The Morgan fingerprint density at radius 2 is 1.85 bits per heavy atom. The third-order valence-electron chi connectivity index (χ3n) is 5.85. The van der Waals surface area contributed by atoms with E-state index in [0.29, 0.717) is 11.5 Å². The SMILES string of the molecule is O=C(O)c1ccc2c(c1)[C@H]1c3ccccc3C[C@H]1[C@H](c1cccc(Cl)c1)N2. The van der Waals surface area contributed by atoms with E-state index in [0.717, 1.165) is 22.7 Å². The molecule has 1 aliphatic carbocycles. The zero-order valence-corrected chi connectivity index (χ0v) is 15.3. The molecule has 0 amide bonds. The Morgan fingerprint density at radius 3 is 2.67 bits per heavy atom. The predicted molar refractivity (Wildman–Crippen MR) is 107 cm³/mol. The zero-order chi connectivity index (χ0) is 18.5. The molecule has 0 fully saturated rings. The molecular weight excluding hydrogens is 358 g/mol. The molecule has 3 aromatic rings. The van der Waals surface area contributed by atoms with E-state index in [1.807, 2.05) is 30.3 Å². The topological polar surface area (TPSA) is 49.3 Å². The minimum absolute atomic E-state index is 0.129. The molecule has 3 nitrogen and oxygen atoms in total. The molecule has 0 spiro atoms. The fraction of sp³-hybridized carbons (Fsp3) is 0.174. The quantitative estimate of drug-likeness (QED) is 0.621. The van der Waals surface area contributed by atoms with Gasteiger partial charge >= 0.3 is 5.97 Å². The summed E-state index contributed by atoms with van der Waals surface area (Å²) < 4.78 is 0. The van der Waals surface area contributed by atoms with Gasteiger partial charge in [0.05, 0.1) is 11.6 Å². The van der Waals surface area contributed by atoms with Gasteiger partial charge in [0.2, 0.25) is 0 Å². The number of nitrogens with one attached hydrogen (secondary N) is 1. The summed E-state index contributed by atoms with van der Waals surface area (Å²) in [6, 6.07) is 22.0. The van der Waals surface area contributed by atoms with Gasteiger partial charge in [-0.15, -0.1) is 0 Å². The van der Waals surface area contributed by atoms with Gasteiger partial charge in [0.1, 0.15) is 0 Å². The van der Waals surface area contributed by atoms with Crippen molar-refractivity contribution < 1.29 is 9.90 Å². The molecular formula is C23H18ClNO2. The predicted octanol–water partition coefficient (Wildman–Crippen LogP) is 5.51. The molecule has 0 saturated heterocycles. The maximum Gasteiger partial charge on any atom is 0.335 e. The highest BCUT2D eigenvalue weighted by molar-refractivity contribution is 6.30. The van der Waals surface area contributed by atoms with Gasteiger partial charge < -0.3 is 10.4 Å². The van der Waals surface area contributed by atoms with E-state index in [1.165, 1.54) is 16.7 Å². The Hall–Kier alpha value is -2.78. The lowest BCUT2D eigenvalue weighted by atomic mass is 9.75. The van der Waals surface area contributed by atoms with Crippen LogP contribution in [0, 0.1) is 5.92 Å². The minimum Gasteiger partial charge on any atom is -0.478 e. The summed E-state index contributed by atoms with van der Waals surface area (Å²) in [4.78, 5) is 11.5. The van der Waals surface area contributed by atoms with Crippen LogP contribution in [0.3, 0.4) is 0 Å². The van der Waals surface area contributed by atoms with E-state index < -0.39 is 5.97 Å². The summed E-state index contributed by atoms with van der Waals surface area (Å²) in [6.45, 7) is 0. The number of carbonyl (C=O) groups is 1. The first-order valence-electron chi connectivity index (χ1n) is 9.09. The van der Waals surface area contributed by atoms with Crippen LogP contribution in [0.15, 0.2) is 66.7 Å². The summed E-state index contributed by atoms with van der Waals surface area (Å²) in [5.41, 5.74) is 6.22. The van der Waals surface area contributed by atoms with E-state index in [1.54, 1.807) is 6.07 Å². The van der Waals surface area contributed by atoms with E-state index in [4.69, 9.17) is 11.6 Å². The van der Waals surface area contributed by atoms with Crippen molar-refractivity contribution in [3.8, 4) is 0 Å². The van der Waals surface area contributed by atoms with Crippen LogP contribution in [0.2, 0.25) is 5.02 Å². The molecule has 4 heteroatoms. The Labute approximate surface area is 162 Å². The van der Waals surface area contributed by atoms with Crippen molar-refractivity contribution in [2.24, 2.45) is 5.92 Å². The van der Waals surface area contributed by atoms with Crippen molar-refractivity contribution in [3.05, 3.63) is 99.6 Å². The monoisotopic (exact) mass is 375 g/mol. The maximum absolute atomic E-state index is 11.5. The van der Waals surface area contributed by atoms with Gasteiger partial charge in [0.15, 0.2) is 0 Å². The standard InChI is InChI=1S/C23H18ClNO2/c24-16-6-3-5-14(10-16)22-19-11-13-4-1-2-7-17(13)21(19)18-12-15(23(26)27)8-9-20(18)25-22/h1-10,12,19,21-22,25H,11H2,(H,26,27)/t19-,21-,22+/m1/s1. The number of halogens is 1. The zero-order valence-electron chi connectivity index (χ0n) is 14.5. The van der Waals surface area contributed by atoms with Gasteiger partial charge in [-0.2, -0.15) is 0 Å². The lowest BCUT2D eigenvalue weighted by molar-refractivity contribution is 0.0696. The van der Waals surface area contributed by atoms with Crippen molar-refractivity contribution in [2.75, 3.05) is 5.32 Å². The molecule has 0 radical (unpaired) electrons. The second-order valence-corrected chi connectivity index (χ2v) is 7.77. The second-order valence-electron chi connectivity index (χ2n) is 7.33. The number of benzene rings is 3. The lowest BCUT2D eigenvalue weighted by Crippen LogP contribution is -2.30. The van der Waals surface area contributed by atoms with Crippen LogP contribution in [0.25, 0.3) is 0 Å². The molecule has 0 aromatic heterocycles. The van der Waals surface area contributed by atoms with Gasteiger partial charge in [-0.25, -0.2) is 4.79 Å². The number of hydrogen-bond acceptors (Lipinski definition) is 2. The Bertz CT molecular complexity index is 1060. The van der Waals surface area contributed by atoms with Crippen LogP contribution in [-0.2, 0) is 6.42 Å². The molecule has 3 atom stereocenters. The van der Waals surface area contributed by atoms with Crippen LogP contribution in [-0.4, -0.2) is 11.1 Å². The smallest absolute Gasteiger partial charge is 0.335 e. The average molecular weight is 376 g/mol. The van der Waals surface area contributed by atoms with Crippen LogP contribution >= 0.6 is 11.6 Å². The molecule has 1 heterocycles. The first-order chi connectivity index (χ1) is 13.1. The van der Waals surface area contributed by atoms with Crippen LogP contribution in [0.1, 0.15) is 44.6 Å². The van der Waals surface area contributed by atoms with Crippen LogP contribution in [0.5, 0.6) is 0 Å². The van der Waals surface area contributed by atoms with E-state index in [-0.39, 0.29) is 12.0 Å². The summed E-state index contributed by atoms with van der Waals surface area (Å²) in [5.74, 6) is -0.393. The molecule has 27 heavy (non-hydrogen) atoms. The molecule has 3 aromatic carbocycles. The van der Waals surface area contributed by atoms with E-state index >= 15 is 0 Å². The molecule has 0 bridgehead atoms. The molecule has 0 saturated carbocycles. The first kappa shape index (κ1) is 16.4. The van der Waals surface area contributed by atoms with Crippen LogP contribution < -0.4 is 5.32 Å². The first-order valence-corrected chi connectivity index (χ1v) is 9.46. The Balaban J connectivity index is 1.69. The molecule has 2 N–H and O–H groups in total. The summed E-state index contributed by atoms with van der Waals surface area (Å²) >= 11 is 6.26. The summed E-state index contributed by atoms with van der Waals surface area (Å²) in [7, 11) is 0. The highest BCUT2D eigenvalue weighted by Gasteiger charge is 2.43. The summed E-state index contributed by atoms with van der Waals surface area (Å²) in [5, 5.41) is 13.8. The number of carboxylic acid groups (broad SMARTS) is 1. The van der Waals surface area contributed by atoms with Crippen molar-refractivity contribution in [1.82, 2.24) is 0 Å². The van der Waals surface area contributed by atoms with Gasteiger partial charge in [-0.3, -0.25) is 0 Å². The number of aromatic carboxylic acids is 1. The number of fused-ring (bicyclic) bond motifs is 5. The molecule has 0 unspecified atom stereocenters. The highest BCUT2D eigenvalue weighted by atomic mass is 35.5. The number of rotatable bonds is 2. The maximum atomic E-state index is 11.5. The second kappa shape index (κ2) is 6.14. The van der Waals surface area contributed by atoms with Crippen molar-refractivity contribution >= 4 is 23.3 Å². The highest BCUT2D eigenvalue weighted by Crippen LogP contribution is 2.54. The third-order valence-corrected chi connectivity index (χ3v) is 6.09. The van der Waals surface area contributed by atoms with Crippen LogP contribution in [0.4, 0.5) is 5.69 Å². The van der Waals surface area contributed by atoms with E-state index in [2.05, 4.69) is 35.6 Å². The third kappa shape index (κ3) is 2.62. The van der Waals surface area contributed by atoms with Gasteiger partial charge in [0.25, 0.3) is 0 Å². The molecule has 1 aliphatic heterocycles. The van der Waals surface area contributed by atoms with Crippen molar-refractivity contribution in [1.29, 1.82) is 0 Å². The fourth-order valence-corrected chi connectivity index (χ4v) is 4.92. The Morgan fingerprint density at radius 1 is 1.00 bits per heavy atom. The lowest BCUT2D eigenvalue weighted by Gasteiger charge is -2.38. The Kier molecular flexibility index (Phi) is 3.73. The fourth-order valence-electron chi connectivity index (χ4n) is 4.72. The molecule has 2 aliphatic rings. The normalized spacial score (nSPS) is 22.3.